The standard InChI is InChI=1S/C27H31ClN2O5S2/c1-30(13-12-25(32)29-22-11-6-18(17-31)16-21(22)28)19-7-9-20(10-8-19)35-26(33)27(34,23-4-2-14-36-23)24-5-3-15-37-24/h2-6,11,14-16,19-20,31,34H,7-10,12-13,17H2,1H3,(H,29,32)/t19-,20-. The fraction of sp³-hybridized carbons (Fsp3) is 0.407. The van der Waals surface area contributed by atoms with E-state index < -0.39 is 11.6 Å². The van der Waals surface area contributed by atoms with Gasteiger partial charge in [0.15, 0.2) is 0 Å². The average molecular weight is 563 g/mol. The van der Waals surface area contributed by atoms with Gasteiger partial charge in [0.2, 0.25) is 11.5 Å². The number of hydrogen-bond acceptors (Lipinski definition) is 8. The van der Waals surface area contributed by atoms with E-state index in [1.54, 1.807) is 30.3 Å². The number of halogens is 1. The summed E-state index contributed by atoms with van der Waals surface area (Å²) >= 11 is 8.85. The normalized spacial score (nSPS) is 18.1. The molecule has 1 saturated carbocycles. The molecule has 1 aliphatic rings. The summed E-state index contributed by atoms with van der Waals surface area (Å²) in [5.41, 5.74) is -0.574. The van der Waals surface area contributed by atoms with Gasteiger partial charge in [-0.05, 0) is 73.3 Å². The van der Waals surface area contributed by atoms with E-state index in [1.807, 2.05) is 29.9 Å². The first-order valence-electron chi connectivity index (χ1n) is 12.2. The van der Waals surface area contributed by atoms with Crippen LogP contribution >= 0.6 is 34.3 Å². The number of thiophene rings is 2. The molecule has 0 spiro atoms. The van der Waals surface area contributed by atoms with Crippen molar-refractivity contribution >= 4 is 51.8 Å². The van der Waals surface area contributed by atoms with E-state index in [2.05, 4.69) is 10.2 Å². The highest BCUT2D eigenvalue weighted by Gasteiger charge is 2.45. The molecule has 198 valence electrons. The molecule has 3 N–H and O–H groups in total. The summed E-state index contributed by atoms with van der Waals surface area (Å²) in [5.74, 6) is -0.758. The van der Waals surface area contributed by atoms with Crippen molar-refractivity contribution in [2.24, 2.45) is 0 Å². The zero-order valence-electron chi connectivity index (χ0n) is 20.6. The zero-order valence-corrected chi connectivity index (χ0v) is 23.0. The summed E-state index contributed by atoms with van der Waals surface area (Å²) in [6, 6.07) is 12.5. The number of carbonyl (C=O) groups excluding carboxylic acids is 2. The molecular weight excluding hydrogens is 532 g/mol. The fourth-order valence-electron chi connectivity index (χ4n) is 4.56. The number of aliphatic hydroxyl groups is 2. The summed E-state index contributed by atoms with van der Waals surface area (Å²) in [6.45, 7) is 0.480. The maximum absolute atomic E-state index is 13.2. The van der Waals surface area contributed by atoms with Gasteiger partial charge >= 0.3 is 5.97 Å². The number of benzene rings is 1. The number of anilines is 1. The van der Waals surface area contributed by atoms with E-state index in [9.17, 15) is 19.8 Å². The Balaban J connectivity index is 1.25. The fourth-order valence-corrected chi connectivity index (χ4v) is 6.53. The molecule has 1 amide bonds. The number of ether oxygens (including phenoxy) is 1. The lowest BCUT2D eigenvalue weighted by Gasteiger charge is -2.35. The number of esters is 1. The topological polar surface area (TPSA) is 99.1 Å². The van der Waals surface area contributed by atoms with Gasteiger partial charge in [0.05, 0.1) is 27.1 Å². The lowest BCUT2D eigenvalue weighted by Crippen LogP contribution is -2.42. The Morgan fingerprint density at radius 2 is 1.76 bits per heavy atom. The van der Waals surface area contributed by atoms with Crippen LogP contribution in [-0.2, 0) is 26.5 Å². The van der Waals surface area contributed by atoms with Crippen LogP contribution in [0.1, 0.15) is 47.4 Å². The van der Waals surface area contributed by atoms with Gasteiger partial charge in [-0.25, -0.2) is 4.79 Å². The monoisotopic (exact) mass is 562 g/mol. The van der Waals surface area contributed by atoms with Crippen LogP contribution in [0.25, 0.3) is 0 Å². The predicted molar refractivity (Wildman–Crippen MR) is 147 cm³/mol. The van der Waals surface area contributed by atoms with Gasteiger partial charge in [-0.2, -0.15) is 0 Å². The first kappa shape index (κ1) is 27.8. The molecule has 0 radical (unpaired) electrons. The summed E-state index contributed by atoms with van der Waals surface area (Å²) in [4.78, 5) is 28.9. The van der Waals surface area contributed by atoms with Gasteiger partial charge in [-0.15, -0.1) is 22.7 Å². The molecule has 10 heteroatoms. The van der Waals surface area contributed by atoms with E-state index in [0.717, 1.165) is 12.8 Å². The number of nitrogens with zero attached hydrogens (tertiary/aromatic N) is 1. The second-order valence-corrected chi connectivity index (χ2v) is 11.6. The summed E-state index contributed by atoms with van der Waals surface area (Å²) in [5, 5.41) is 27.5. The second-order valence-electron chi connectivity index (χ2n) is 9.25. The zero-order chi connectivity index (χ0) is 26.4. The number of amides is 1. The predicted octanol–water partition coefficient (Wildman–Crippen LogP) is 5.01. The Bertz CT molecular complexity index is 1140. The molecule has 0 saturated heterocycles. The van der Waals surface area contributed by atoms with Gasteiger partial charge in [0.1, 0.15) is 6.10 Å². The quantitative estimate of drug-likeness (QED) is 0.301. The molecule has 0 bridgehead atoms. The van der Waals surface area contributed by atoms with Crippen molar-refractivity contribution in [3.05, 3.63) is 73.6 Å². The highest BCUT2D eigenvalue weighted by atomic mass is 35.5. The molecule has 37 heavy (non-hydrogen) atoms. The van der Waals surface area contributed by atoms with E-state index >= 15 is 0 Å². The van der Waals surface area contributed by atoms with Gasteiger partial charge < -0.3 is 25.2 Å². The molecular formula is C27H31ClN2O5S2. The number of rotatable bonds is 10. The van der Waals surface area contributed by atoms with Crippen LogP contribution in [0.3, 0.4) is 0 Å². The Labute approximate surface area is 229 Å². The number of aliphatic hydroxyl groups excluding tert-OH is 1. The molecule has 1 aromatic carbocycles. The van der Waals surface area contributed by atoms with Crippen molar-refractivity contribution in [1.82, 2.24) is 4.90 Å². The van der Waals surface area contributed by atoms with Gasteiger partial charge in [-0.3, -0.25) is 4.79 Å². The van der Waals surface area contributed by atoms with Crippen LogP contribution in [0.4, 0.5) is 5.69 Å². The summed E-state index contributed by atoms with van der Waals surface area (Å²) < 4.78 is 5.84. The van der Waals surface area contributed by atoms with E-state index in [4.69, 9.17) is 16.3 Å². The minimum Gasteiger partial charge on any atom is -0.460 e. The smallest absolute Gasteiger partial charge is 0.349 e. The van der Waals surface area contributed by atoms with Crippen LogP contribution in [0, 0.1) is 0 Å². The molecule has 1 aliphatic carbocycles. The highest BCUT2D eigenvalue weighted by Crippen LogP contribution is 2.38. The Morgan fingerprint density at radius 1 is 1.11 bits per heavy atom. The van der Waals surface area contributed by atoms with Crippen LogP contribution in [-0.4, -0.2) is 52.7 Å². The lowest BCUT2D eigenvalue weighted by atomic mass is 9.91. The number of nitrogens with one attached hydrogen (secondary N) is 1. The molecule has 2 aromatic heterocycles. The third-order valence-corrected chi connectivity index (χ3v) is 9.04. The first-order chi connectivity index (χ1) is 17.8. The first-order valence-corrected chi connectivity index (χ1v) is 14.4. The van der Waals surface area contributed by atoms with E-state index in [1.165, 1.54) is 22.7 Å². The molecule has 4 rings (SSSR count). The minimum absolute atomic E-state index is 0.107. The lowest BCUT2D eigenvalue weighted by molar-refractivity contribution is -0.169. The Hall–Kier alpha value is -2.27. The van der Waals surface area contributed by atoms with Crippen molar-refractivity contribution in [3.8, 4) is 0 Å². The molecule has 0 unspecified atom stereocenters. The highest BCUT2D eigenvalue weighted by molar-refractivity contribution is 7.12. The van der Waals surface area contributed by atoms with Crippen molar-refractivity contribution in [2.75, 3.05) is 18.9 Å². The maximum atomic E-state index is 13.2. The SMILES string of the molecule is CN(CCC(=O)Nc1ccc(CO)cc1Cl)[C@H]1CC[C@H](OC(=O)C(O)(c2cccs2)c2cccs2)CC1. The van der Waals surface area contributed by atoms with Gasteiger partial charge in [0, 0.05) is 19.0 Å². The largest absolute Gasteiger partial charge is 0.460 e. The molecule has 7 nitrogen and oxygen atoms in total. The van der Waals surface area contributed by atoms with E-state index in [0.29, 0.717) is 51.8 Å². The second kappa shape index (κ2) is 12.5. The van der Waals surface area contributed by atoms with Crippen molar-refractivity contribution < 1.29 is 24.5 Å². The molecule has 0 aliphatic heterocycles. The molecule has 0 atom stereocenters. The molecule has 2 heterocycles. The summed E-state index contributed by atoms with van der Waals surface area (Å²) in [6.07, 6.45) is 3.13. The Morgan fingerprint density at radius 3 is 2.30 bits per heavy atom. The van der Waals surface area contributed by atoms with Crippen molar-refractivity contribution in [2.45, 2.75) is 56.5 Å². The van der Waals surface area contributed by atoms with Crippen LogP contribution in [0.5, 0.6) is 0 Å². The third kappa shape index (κ3) is 6.60. The third-order valence-electron chi connectivity index (χ3n) is 6.77. The van der Waals surface area contributed by atoms with Crippen LogP contribution in [0.15, 0.2) is 53.2 Å². The van der Waals surface area contributed by atoms with Gasteiger partial charge in [-0.1, -0.05) is 29.8 Å². The van der Waals surface area contributed by atoms with Crippen LogP contribution < -0.4 is 5.32 Å². The average Bonchev–Trinajstić information content (AvgIpc) is 3.64. The molecule has 3 aromatic rings. The van der Waals surface area contributed by atoms with Gasteiger partial charge in [0.25, 0.3) is 0 Å². The van der Waals surface area contributed by atoms with Crippen LogP contribution in [0.2, 0.25) is 5.02 Å². The van der Waals surface area contributed by atoms with Crippen molar-refractivity contribution in [3.63, 3.8) is 0 Å². The minimum atomic E-state index is -1.79. The molecule has 1 fully saturated rings. The van der Waals surface area contributed by atoms with E-state index in [-0.39, 0.29) is 24.7 Å². The van der Waals surface area contributed by atoms with Crippen molar-refractivity contribution in [1.29, 1.82) is 0 Å². The Kier molecular flexibility index (Phi) is 9.39. The summed E-state index contributed by atoms with van der Waals surface area (Å²) in [7, 11) is 2.00. The number of carbonyl (C=O) groups is 2. The number of hydrogen-bond donors (Lipinski definition) is 3. The maximum Gasteiger partial charge on any atom is 0.349 e.